The lowest BCUT2D eigenvalue weighted by molar-refractivity contribution is -0.0547. The van der Waals surface area contributed by atoms with Gasteiger partial charge in [-0.25, -0.2) is 4.28 Å². The molecule has 0 saturated heterocycles. The van der Waals surface area contributed by atoms with E-state index in [1.165, 1.54) is 0 Å². The monoisotopic (exact) mass is 375 g/mol. The Kier molecular flexibility index (Phi) is 8.41. The molecule has 24 heavy (non-hydrogen) atoms. The van der Waals surface area contributed by atoms with Crippen LogP contribution < -0.4 is 0 Å². The van der Waals surface area contributed by atoms with Gasteiger partial charge in [0.2, 0.25) is 1.41 Å². The first-order valence-electron chi connectivity index (χ1n) is 4.90. The van der Waals surface area contributed by atoms with Crippen LogP contribution in [0.5, 0.6) is 0 Å². The summed E-state index contributed by atoms with van der Waals surface area (Å²) in [5.74, 6) is 0. The summed E-state index contributed by atoms with van der Waals surface area (Å²) in [7, 11) is -5.94. The Labute approximate surface area is 128 Å². The van der Waals surface area contributed by atoms with Crippen LogP contribution in [0, 0.1) is 5.52 Å². The van der Waals surface area contributed by atoms with Gasteiger partial charge in [0.25, 0.3) is 0 Å². The summed E-state index contributed by atoms with van der Waals surface area (Å²) in [5, 5.41) is 40.7. The Bertz CT molecular complexity index is 713. The van der Waals surface area contributed by atoms with Crippen molar-refractivity contribution in [1.82, 2.24) is 0 Å². The molecule has 0 fully saturated rings. The molecular formula is CHF3N16O3S. The second-order valence-electron chi connectivity index (χ2n) is 2.31. The van der Waals surface area contributed by atoms with Crippen molar-refractivity contribution in [2.75, 3.05) is 0 Å². The third-order valence-corrected chi connectivity index (χ3v) is 1.80. The Morgan fingerprint density at radius 2 is 1.12 bits per heavy atom. The first-order valence-corrected chi connectivity index (χ1v) is 5.86. The summed E-state index contributed by atoms with van der Waals surface area (Å²) in [4.78, 5) is 0. The SMILES string of the molecule is [2H]N=N/N=N/N=N/N=N/N=N/N=N/N=N/N=N/OS(=O)(=O)C(F)(F)F. The number of alkyl halides is 3. The quantitative estimate of drug-likeness (QED) is 0.361. The van der Waals surface area contributed by atoms with E-state index in [1.54, 1.807) is 0 Å². The third-order valence-electron chi connectivity index (χ3n) is 0.971. The first kappa shape index (κ1) is 18.4. The molecule has 0 atom stereocenters. The van der Waals surface area contributed by atoms with Gasteiger partial charge in [0.05, 0.1) is 5.28 Å². The molecule has 0 heterocycles. The zero-order valence-electron chi connectivity index (χ0n) is 11.4. The van der Waals surface area contributed by atoms with Crippen LogP contribution in [0.4, 0.5) is 13.2 Å². The average molecular weight is 375 g/mol. The van der Waals surface area contributed by atoms with Gasteiger partial charge in [-0.05, 0) is 36.6 Å². The summed E-state index contributed by atoms with van der Waals surface area (Å²) < 4.78 is 65.1. The largest absolute Gasteiger partial charge is 0.536 e. The Morgan fingerprint density at radius 3 is 1.50 bits per heavy atom. The van der Waals surface area contributed by atoms with E-state index in [4.69, 9.17) is 1.41 Å². The number of nitrogens with zero attached hydrogens (tertiary/aromatic N) is 15. The van der Waals surface area contributed by atoms with Crippen molar-refractivity contribution in [3.63, 3.8) is 0 Å². The first-order chi connectivity index (χ1) is 11.8. The maximum atomic E-state index is 11.8. The van der Waals surface area contributed by atoms with Crippen molar-refractivity contribution in [1.29, 1.82) is 5.52 Å². The van der Waals surface area contributed by atoms with Gasteiger partial charge in [-0.3, -0.25) is 0 Å². The van der Waals surface area contributed by atoms with Gasteiger partial charge >= 0.3 is 15.6 Å². The van der Waals surface area contributed by atoms with E-state index >= 15 is 0 Å². The molecule has 0 aromatic rings. The van der Waals surface area contributed by atoms with Crippen LogP contribution in [0.3, 0.4) is 0 Å². The van der Waals surface area contributed by atoms with Crippen molar-refractivity contribution in [2.45, 2.75) is 5.51 Å². The summed E-state index contributed by atoms with van der Waals surface area (Å²) in [6, 6.07) is 0. The molecule has 0 radical (unpaired) electrons. The highest BCUT2D eigenvalue weighted by Gasteiger charge is 2.49. The average Bonchev–Trinajstić information content (AvgIpc) is 2.53. The van der Waals surface area contributed by atoms with E-state index in [1.807, 2.05) is 0 Å². The van der Waals surface area contributed by atoms with Gasteiger partial charge in [-0.1, -0.05) is 0 Å². The van der Waals surface area contributed by atoms with Gasteiger partial charge in [-0.2, -0.15) is 27.1 Å². The molecule has 0 aromatic heterocycles. The van der Waals surface area contributed by atoms with Gasteiger partial charge < -0.3 is 0 Å². The highest BCUT2D eigenvalue weighted by atomic mass is 32.2. The molecule has 23 heteroatoms. The number of halogens is 3. The minimum absolute atomic E-state index is 2.11. The lowest BCUT2D eigenvalue weighted by atomic mass is 11.6. The van der Waals surface area contributed by atoms with Gasteiger partial charge in [0, 0.05) is 36.6 Å². The molecule has 0 amide bonds. The van der Waals surface area contributed by atoms with Crippen molar-refractivity contribution in [3.05, 3.63) is 0 Å². The van der Waals surface area contributed by atoms with Crippen molar-refractivity contribution < 1.29 is 27.3 Å². The fourth-order valence-corrected chi connectivity index (χ4v) is 0.534. The van der Waals surface area contributed by atoms with Crippen LogP contribution in [0.25, 0.3) is 0 Å². The van der Waals surface area contributed by atoms with Gasteiger partial charge in [0.15, 0.2) is 0 Å². The minimum atomic E-state index is -5.94. The molecule has 0 saturated carbocycles. The molecule has 1 N–H and O–H groups in total. The van der Waals surface area contributed by atoms with Crippen LogP contribution in [0.15, 0.2) is 78.4 Å². The maximum absolute atomic E-state index is 11.8. The Hall–Kier alpha value is -3.66. The lowest BCUT2D eigenvalue weighted by Crippen LogP contribution is -2.23. The van der Waals surface area contributed by atoms with E-state index in [2.05, 4.69) is 88.2 Å². The summed E-state index contributed by atoms with van der Waals surface area (Å²) >= 11 is 0. The third kappa shape index (κ3) is 10.1. The summed E-state index contributed by atoms with van der Waals surface area (Å²) in [6.45, 7) is 0. The molecule has 0 spiro atoms. The topological polar surface area (TPSA) is 253 Å². The summed E-state index contributed by atoms with van der Waals surface area (Å²) in [6.07, 6.45) is 0. The fourth-order valence-electron chi connectivity index (χ4n) is 0.332. The van der Waals surface area contributed by atoms with Crippen LogP contribution >= 0.6 is 0 Å². The summed E-state index contributed by atoms with van der Waals surface area (Å²) in [5.41, 5.74) is -3.22. The molecule has 0 aliphatic carbocycles. The Balaban J connectivity index is 4.12. The van der Waals surface area contributed by atoms with E-state index in [9.17, 15) is 21.6 Å². The predicted octanol–water partition coefficient (Wildman–Crippen LogP) is 3.37. The van der Waals surface area contributed by atoms with E-state index < -0.39 is 15.6 Å². The predicted molar refractivity (Wildman–Crippen MR) is 55.2 cm³/mol. The molecule has 130 valence electrons. The number of rotatable bonds is 9. The number of hydrogen-bond acceptors (Lipinski definition) is 5. The zero-order chi connectivity index (χ0) is 19.0. The van der Waals surface area contributed by atoms with Crippen LogP contribution in [-0.2, 0) is 14.4 Å². The van der Waals surface area contributed by atoms with Crippen LogP contribution in [0.2, 0.25) is 1.41 Å². The molecule has 0 aromatic carbocycles. The second-order valence-corrected chi connectivity index (χ2v) is 3.83. The van der Waals surface area contributed by atoms with Gasteiger partial charge in [-0.15, -0.1) is 0 Å². The van der Waals surface area contributed by atoms with Crippen molar-refractivity contribution in [3.8, 4) is 0 Å². The molecular weight excluding hydrogens is 373 g/mol. The van der Waals surface area contributed by atoms with Crippen LogP contribution in [-0.4, -0.2) is 13.9 Å². The molecule has 0 unspecified atom stereocenters. The molecule has 0 bridgehead atoms. The number of nitrogens with one attached hydrogen (secondary N) is 1. The number of hydrogen-bond donors (Lipinski definition) is 1. The fraction of sp³-hybridized carbons (Fsp3) is 1.00. The standard InChI is InChI=1S/CHF3N16O3S/c2-1(3,4)24(21,22)23-20-19-18-17-16-15-14-13-12-11-10-9-8-7-6-5/h5H/b6-5?,8-7+,10-9+,12-11+,14-13+,16-15+,18-17+,20-19+/i/hD. The van der Waals surface area contributed by atoms with Gasteiger partial charge in [0.1, 0.15) is 0 Å². The smallest absolute Gasteiger partial charge is 0.240 e. The second kappa shape index (κ2) is 11.0. The molecule has 0 aliphatic heterocycles. The normalized spacial score (nSPS) is 15.7. The van der Waals surface area contributed by atoms with Crippen LogP contribution in [0.1, 0.15) is 0 Å². The van der Waals surface area contributed by atoms with Crippen molar-refractivity contribution in [2.24, 2.45) is 78.4 Å². The highest BCUT2D eigenvalue weighted by molar-refractivity contribution is 7.87. The molecule has 0 aliphatic rings. The molecule has 19 nitrogen and oxygen atoms in total. The van der Waals surface area contributed by atoms with E-state index in [0.29, 0.717) is 0 Å². The highest BCUT2D eigenvalue weighted by Crippen LogP contribution is 2.24. The molecule has 0 rings (SSSR count). The minimum Gasteiger partial charge on any atom is -0.240 e. The lowest BCUT2D eigenvalue weighted by Gasteiger charge is -2.01. The van der Waals surface area contributed by atoms with E-state index in [0.717, 1.165) is 0 Å². The maximum Gasteiger partial charge on any atom is 0.536 e. The zero-order valence-corrected chi connectivity index (χ0v) is 11.2. The Morgan fingerprint density at radius 1 is 0.750 bits per heavy atom. The van der Waals surface area contributed by atoms with E-state index in [-0.39, 0.29) is 0 Å². The van der Waals surface area contributed by atoms with Crippen molar-refractivity contribution >= 4 is 10.1 Å².